The minimum Gasteiger partial charge on any atom is -0.465 e. The molecule has 1 aliphatic carbocycles. The van der Waals surface area contributed by atoms with Gasteiger partial charge >= 0.3 is 5.97 Å². The second-order valence-corrected chi connectivity index (χ2v) is 11.5. The first-order valence-electron chi connectivity index (χ1n) is 12.0. The average Bonchev–Trinajstić information content (AvgIpc) is 3.05. The summed E-state index contributed by atoms with van der Waals surface area (Å²) in [5.74, 6) is -0.468. The summed E-state index contributed by atoms with van der Waals surface area (Å²) in [7, 11) is -2.72. The van der Waals surface area contributed by atoms with Crippen LogP contribution in [0.4, 0.5) is 5.82 Å². The number of anilines is 1. The van der Waals surface area contributed by atoms with E-state index in [1.165, 1.54) is 24.2 Å². The average molecular weight is 574 g/mol. The number of halogens is 1. The van der Waals surface area contributed by atoms with Crippen LogP contribution in [0.1, 0.15) is 35.2 Å². The van der Waals surface area contributed by atoms with Crippen molar-refractivity contribution in [2.45, 2.75) is 30.7 Å². The lowest BCUT2D eigenvalue weighted by molar-refractivity contribution is -0.143. The molecule has 0 unspecified atom stereocenters. The van der Waals surface area contributed by atoms with Gasteiger partial charge in [0, 0.05) is 13.2 Å². The number of carbonyl (C=O) groups is 1. The highest BCUT2D eigenvalue weighted by molar-refractivity contribution is 7.89. The molecule has 1 aromatic heterocycles. The fraction of sp³-hybridized carbons (Fsp3) is 0.269. The molecule has 1 heterocycles. The van der Waals surface area contributed by atoms with Crippen LogP contribution in [-0.2, 0) is 32.4 Å². The minimum absolute atomic E-state index is 0.0519. The smallest absolute Gasteiger partial charge is 0.321 e. The first kappa shape index (κ1) is 27.8. The van der Waals surface area contributed by atoms with Crippen LogP contribution in [0.3, 0.4) is 0 Å². The summed E-state index contributed by atoms with van der Waals surface area (Å²) in [6.45, 7) is 1.37. The summed E-state index contributed by atoms with van der Waals surface area (Å²) in [5, 5.41) is 3.74. The fourth-order valence-electron chi connectivity index (χ4n) is 4.27. The number of thiocarbonyl (C=S) groups is 1. The molecule has 0 spiro atoms. The van der Waals surface area contributed by atoms with Gasteiger partial charge in [-0.1, -0.05) is 60.1 Å². The number of hydrogen-bond donors (Lipinski definition) is 3. The highest BCUT2D eigenvalue weighted by Gasteiger charge is 2.26. The van der Waals surface area contributed by atoms with Gasteiger partial charge in [-0.15, -0.1) is 0 Å². The molecular formula is C26H28ClN5O4S2. The van der Waals surface area contributed by atoms with Gasteiger partial charge in [0.1, 0.15) is 11.4 Å². The summed E-state index contributed by atoms with van der Waals surface area (Å²) in [5.41, 5.74) is 10.6. The molecule has 0 saturated heterocycles. The maximum absolute atomic E-state index is 12.8. The first-order valence-corrected chi connectivity index (χ1v) is 14.2. The summed E-state index contributed by atoms with van der Waals surface area (Å²) < 4.78 is 31.3. The van der Waals surface area contributed by atoms with E-state index in [9.17, 15) is 13.2 Å². The number of aryl methyl sites for hydroxylation is 2. The monoisotopic (exact) mass is 573 g/mol. The molecule has 0 saturated carbocycles. The Balaban J connectivity index is 1.45. The highest BCUT2D eigenvalue weighted by atomic mass is 35.5. The topological polar surface area (TPSA) is 113 Å². The Morgan fingerprint density at radius 1 is 1.13 bits per heavy atom. The number of hydrazine groups is 1. The van der Waals surface area contributed by atoms with Gasteiger partial charge in [0.2, 0.25) is 10.0 Å². The van der Waals surface area contributed by atoms with Crippen molar-refractivity contribution in [1.29, 1.82) is 0 Å². The normalized spacial score (nSPS) is 13.2. The number of ether oxygens (including phenoxy) is 1. The maximum Gasteiger partial charge on any atom is 0.321 e. The van der Waals surface area contributed by atoms with E-state index in [0.29, 0.717) is 5.11 Å². The SMILES string of the molecule is CCOC(=O)CN(C)S(=O)(=O)c1cnc(NNC(=S)NC2c3ccccc3CCc3ccccc32)c(Cl)c1. The van der Waals surface area contributed by atoms with Crippen molar-refractivity contribution in [3.05, 3.63) is 88.1 Å². The van der Waals surface area contributed by atoms with Gasteiger partial charge in [0.05, 0.1) is 17.7 Å². The van der Waals surface area contributed by atoms with Crippen LogP contribution in [0.25, 0.3) is 0 Å². The van der Waals surface area contributed by atoms with Crippen molar-refractivity contribution in [2.75, 3.05) is 25.6 Å². The number of likely N-dealkylation sites (N-methyl/N-ethyl adjacent to an activating group) is 1. The van der Waals surface area contributed by atoms with Gasteiger partial charge in [-0.25, -0.2) is 13.4 Å². The zero-order valence-electron chi connectivity index (χ0n) is 20.9. The van der Waals surface area contributed by atoms with Crippen LogP contribution in [0.5, 0.6) is 0 Å². The highest BCUT2D eigenvalue weighted by Crippen LogP contribution is 2.32. The predicted molar refractivity (Wildman–Crippen MR) is 150 cm³/mol. The number of nitrogens with one attached hydrogen (secondary N) is 3. The van der Waals surface area contributed by atoms with Gasteiger partial charge in [-0.2, -0.15) is 4.31 Å². The molecule has 3 N–H and O–H groups in total. The van der Waals surface area contributed by atoms with E-state index >= 15 is 0 Å². The molecule has 12 heteroatoms. The summed E-state index contributed by atoms with van der Waals surface area (Å²) in [6.07, 6.45) is 3.03. The van der Waals surface area contributed by atoms with Crippen LogP contribution >= 0.6 is 23.8 Å². The molecule has 0 radical (unpaired) electrons. The van der Waals surface area contributed by atoms with Crippen molar-refractivity contribution in [3.63, 3.8) is 0 Å². The third-order valence-corrected chi connectivity index (χ3v) is 8.42. The number of sulfonamides is 1. The third kappa shape index (κ3) is 6.24. The molecule has 0 fully saturated rings. The molecule has 4 rings (SSSR count). The van der Waals surface area contributed by atoms with Gasteiger partial charge in [-0.3, -0.25) is 15.6 Å². The van der Waals surface area contributed by atoms with E-state index < -0.39 is 22.5 Å². The Bertz CT molecular complexity index is 1400. The van der Waals surface area contributed by atoms with Gasteiger partial charge in [-0.05, 0) is 60.3 Å². The number of nitrogens with zero attached hydrogens (tertiary/aromatic N) is 2. The number of carbonyl (C=O) groups excluding carboxylic acids is 1. The zero-order chi connectivity index (χ0) is 27.3. The molecule has 2 aromatic carbocycles. The zero-order valence-corrected chi connectivity index (χ0v) is 23.3. The molecule has 3 aromatic rings. The summed E-state index contributed by atoms with van der Waals surface area (Å²) >= 11 is 11.9. The Kier molecular flexibility index (Phi) is 8.83. The quantitative estimate of drug-likeness (QED) is 0.211. The van der Waals surface area contributed by atoms with Crippen molar-refractivity contribution < 1.29 is 17.9 Å². The van der Waals surface area contributed by atoms with E-state index in [0.717, 1.165) is 34.5 Å². The number of fused-ring (bicyclic) bond motifs is 2. The van der Waals surface area contributed by atoms with E-state index in [2.05, 4.69) is 45.4 Å². The van der Waals surface area contributed by atoms with E-state index in [1.54, 1.807) is 6.92 Å². The van der Waals surface area contributed by atoms with Crippen LogP contribution in [0.15, 0.2) is 65.7 Å². The molecule has 200 valence electrons. The molecule has 0 bridgehead atoms. The standard InChI is InChI=1S/C26H28ClN5O4S2/c1-3-36-23(33)16-32(2)38(34,35)19-14-22(27)25(28-15-19)30-31-26(37)29-24-20-10-6-4-8-17(20)12-13-18-9-5-7-11-21(18)24/h4-11,14-15,24H,3,12-13,16H2,1-2H3,(H,28,30)(H2,29,31,37). The molecule has 1 aliphatic rings. The van der Waals surface area contributed by atoms with Crippen LogP contribution in [0.2, 0.25) is 5.02 Å². The van der Waals surface area contributed by atoms with E-state index in [1.807, 2.05) is 24.3 Å². The molecule has 0 amide bonds. The largest absolute Gasteiger partial charge is 0.465 e. The van der Waals surface area contributed by atoms with Crippen LogP contribution in [0, 0.1) is 0 Å². The summed E-state index contributed by atoms with van der Waals surface area (Å²) in [4.78, 5) is 15.7. The lowest BCUT2D eigenvalue weighted by Crippen LogP contribution is -2.41. The molecule has 9 nitrogen and oxygen atoms in total. The van der Waals surface area contributed by atoms with Crippen molar-refractivity contribution >= 4 is 50.7 Å². The lowest BCUT2D eigenvalue weighted by atomic mass is 9.95. The maximum atomic E-state index is 12.8. The van der Waals surface area contributed by atoms with Crippen LogP contribution < -0.4 is 16.2 Å². The van der Waals surface area contributed by atoms with E-state index in [-0.39, 0.29) is 28.4 Å². The Hall–Kier alpha value is -3.25. The summed E-state index contributed by atoms with van der Waals surface area (Å²) in [6, 6.07) is 17.7. The molecular weight excluding hydrogens is 546 g/mol. The number of benzene rings is 2. The number of esters is 1. The second-order valence-electron chi connectivity index (χ2n) is 8.62. The number of rotatable bonds is 8. The number of pyridine rings is 1. The van der Waals surface area contributed by atoms with Gasteiger partial charge in [0.25, 0.3) is 0 Å². The first-order chi connectivity index (χ1) is 18.2. The fourth-order valence-corrected chi connectivity index (χ4v) is 5.80. The Morgan fingerprint density at radius 3 is 2.32 bits per heavy atom. The third-order valence-electron chi connectivity index (χ3n) is 6.15. The van der Waals surface area contributed by atoms with Gasteiger partial charge in [0.15, 0.2) is 10.9 Å². The molecule has 0 aliphatic heterocycles. The van der Waals surface area contributed by atoms with Gasteiger partial charge < -0.3 is 10.1 Å². The number of hydrogen-bond acceptors (Lipinski definition) is 7. The minimum atomic E-state index is -4.00. The van der Waals surface area contributed by atoms with Crippen LogP contribution in [-0.4, -0.2) is 49.0 Å². The Morgan fingerprint density at radius 2 is 1.74 bits per heavy atom. The lowest BCUT2D eigenvalue weighted by Gasteiger charge is -2.24. The molecule has 38 heavy (non-hydrogen) atoms. The second kappa shape index (κ2) is 12.1. The van der Waals surface area contributed by atoms with E-state index in [4.69, 9.17) is 28.6 Å². The molecule has 0 atom stereocenters. The van der Waals surface area contributed by atoms with Crippen molar-refractivity contribution in [2.24, 2.45) is 0 Å². The number of aromatic nitrogens is 1. The van der Waals surface area contributed by atoms with Crippen molar-refractivity contribution in [1.82, 2.24) is 20.0 Å². The predicted octanol–water partition coefficient (Wildman–Crippen LogP) is 3.60. The van der Waals surface area contributed by atoms with Crippen molar-refractivity contribution in [3.8, 4) is 0 Å². The Labute approximate surface area is 232 Å².